The van der Waals surface area contributed by atoms with Crippen LogP contribution in [0.15, 0.2) is 24.5 Å². The van der Waals surface area contributed by atoms with Crippen LogP contribution in [0.25, 0.3) is 0 Å². The number of nitrogens with zero attached hydrogens (tertiary/aromatic N) is 4. The van der Waals surface area contributed by atoms with Crippen LogP contribution in [-0.4, -0.2) is 45.6 Å². The summed E-state index contributed by atoms with van der Waals surface area (Å²) < 4.78 is 7.34. The lowest BCUT2D eigenvalue weighted by Crippen LogP contribution is -2.37. The van der Waals surface area contributed by atoms with E-state index in [9.17, 15) is 4.79 Å². The minimum Gasteiger partial charge on any atom is -0.496 e. The number of aryl methyl sites for hydroxylation is 1. The van der Waals surface area contributed by atoms with Gasteiger partial charge in [-0.05, 0) is 24.6 Å². The number of rotatable bonds is 4. The van der Waals surface area contributed by atoms with Crippen molar-refractivity contribution in [2.24, 2.45) is 0 Å². The van der Waals surface area contributed by atoms with E-state index >= 15 is 0 Å². The highest BCUT2D eigenvalue weighted by Gasteiger charge is 2.21. The molecule has 0 spiro atoms. The van der Waals surface area contributed by atoms with E-state index in [4.69, 9.17) is 4.74 Å². The Hall–Kier alpha value is -2.21. The number of ketones is 1. The van der Waals surface area contributed by atoms with Gasteiger partial charge >= 0.3 is 0 Å². The summed E-state index contributed by atoms with van der Waals surface area (Å²) in [5.41, 5.74) is 1.71. The Balaban J connectivity index is 1.73. The van der Waals surface area contributed by atoms with Gasteiger partial charge in [-0.2, -0.15) is 0 Å². The number of fused-ring (bicyclic) bond motifs is 1. The van der Waals surface area contributed by atoms with E-state index in [1.54, 1.807) is 13.4 Å². The smallest absolute Gasteiger partial charge is 0.180 e. The second-order valence-electron chi connectivity index (χ2n) is 5.28. The molecule has 0 fully saturated rings. The number of carbonyl (C=O) groups excluding carboxylic acids is 1. The van der Waals surface area contributed by atoms with Crippen LogP contribution in [-0.2, 0) is 13.1 Å². The minimum absolute atomic E-state index is 0.0693. The van der Waals surface area contributed by atoms with E-state index in [0.29, 0.717) is 24.4 Å². The molecule has 1 aromatic carbocycles. The topological polar surface area (TPSA) is 60.2 Å². The summed E-state index contributed by atoms with van der Waals surface area (Å²) in [5.74, 6) is 1.62. The van der Waals surface area contributed by atoms with E-state index in [-0.39, 0.29) is 5.78 Å². The van der Waals surface area contributed by atoms with Crippen molar-refractivity contribution in [3.8, 4) is 5.75 Å². The van der Waals surface area contributed by atoms with Gasteiger partial charge in [-0.1, -0.05) is 6.07 Å². The molecule has 0 amide bonds. The van der Waals surface area contributed by atoms with Gasteiger partial charge in [0.05, 0.1) is 25.8 Å². The number of Topliss-reactive ketones (excluding diaryl/α,β-unsaturated/α-hetero) is 1. The minimum atomic E-state index is 0.0693. The lowest BCUT2D eigenvalue weighted by Gasteiger charge is -2.26. The molecule has 0 bridgehead atoms. The first-order chi connectivity index (χ1) is 10.2. The molecule has 0 saturated heterocycles. The first-order valence-corrected chi connectivity index (χ1v) is 6.94. The molecule has 0 aliphatic carbocycles. The van der Waals surface area contributed by atoms with Crippen molar-refractivity contribution in [2.75, 3.05) is 20.2 Å². The van der Waals surface area contributed by atoms with Gasteiger partial charge in [0.1, 0.15) is 17.9 Å². The Kier molecular flexibility index (Phi) is 3.70. The lowest BCUT2D eigenvalue weighted by atomic mass is 10.1. The highest BCUT2D eigenvalue weighted by atomic mass is 16.5. The molecule has 0 unspecified atom stereocenters. The third kappa shape index (κ3) is 2.80. The molecule has 2 aromatic rings. The van der Waals surface area contributed by atoms with Crippen molar-refractivity contribution in [3.63, 3.8) is 0 Å². The lowest BCUT2D eigenvalue weighted by molar-refractivity contribution is 0.0905. The van der Waals surface area contributed by atoms with E-state index in [1.165, 1.54) is 0 Å². The van der Waals surface area contributed by atoms with Gasteiger partial charge in [0.2, 0.25) is 0 Å². The zero-order valence-corrected chi connectivity index (χ0v) is 12.2. The van der Waals surface area contributed by atoms with Crippen molar-refractivity contribution in [2.45, 2.75) is 20.0 Å². The summed E-state index contributed by atoms with van der Waals surface area (Å²) in [4.78, 5) is 14.6. The van der Waals surface area contributed by atoms with E-state index in [0.717, 1.165) is 24.5 Å². The van der Waals surface area contributed by atoms with Crippen LogP contribution in [0.2, 0.25) is 0 Å². The molecule has 110 valence electrons. The van der Waals surface area contributed by atoms with Gasteiger partial charge in [-0.15, -0.1) is 10.2 Å². The zero-order chi connectivity index (χ0) is 14.8. The normalized spacial score (nSPS) is 14.8. The predicted octanol–water partition coefficient (Wildman–Crippen LogP) is 1.29. The second kappa shape index (κ2) is 5.65. The van der Waals surface area contributed by atoms with Crippen molar-refractivity contribution >= 4 is 5.78 Å². The Morgan fingerprint density at radius 3 is 3.05 bits per heavy atom. The maximum Gasteiger partial charge on any atom is 0.180 e. The number of carbonyl (C=O) groups is 1. The molecule has 0 atom stereocenters. The first kappa shape index (κ1) is 13.8. The summed E-state index contributed by atoms with van der Waals surface area (Å²) in [5, 5.41) is 7.96. The SMILES string of the molecule is COc1cc(C)ccc1C(=O)CN1CCn2cnnc2C1. The van der Waals surface area contributed by atoms with E-state index < -0.39 is 0 Å². The predicted molar refractivity (Wildman–Crippen MR) is 77.4 cm³/mol. The second-order valence-corrected chi connectivity index (χ2v) is 5.28. The largest absolute Gasteiger partial charge is 0.496 e. The Morgan fingerprint density at radius 2 is 2.24 bits per heavy atom. The van der Waals surface area contributed by atoms with Gasteiger partial charge < -0.3 is 9.30 Å². The average molecular weight is 286 g/mol. The third-order valence-electron chi connectivity index (χ3n) is 3.74. The van der Waals surface area contributed by atoms with Crippen molar-refractivity contribution in [1.29, 1.82) is 0 Å². The molecular weight excluding hydrogens is 268 g/mol. The summed E-state index contributed by atoms with van der Waals surface area (Å²) >= 11 is 0. The summed E-state index contributed by atoms with van der Waals surface area (Å²) in [7, 11) is 1.59. The quantitative estimate of drug-likeness (QED) is 0.793. The maximum absolute atomic E-state index is 12.5. The third-order valence-corrected chi connectivity index (χ3v) is 3.74. The maximum atomic E-state index is 12.5. The Morgan fingerprint density at radius 1 is 1.38 bits per heavy atom. The van der Waals surface area contributed by atoms with Gasteiger partial charge in [0.15, 0.2) is 5.78 Å². The first-order valence-electron chi connectivity index (χ1n) is 6.94. The van der Waals surface area contributed by atoms with Crippen LogP contribution in [0.3, 0.4) is 0 Å². The number of hydrogen-bond donors (Lipinski definition) is 0. The fourth-order valence-electron chi connectivity index (χ4n) is 2.57. The molecule has 1 aliphatic heterocycles. The van der Waals surface area contributed by atoms with Gasteiger partial charge in [0.25, 0.3) is 0 Å². The molecule has 3 rings (SSSR count). The standard InChI is InChI=1S/C15H18N4O2/c1-11-3-4-12(14(7-11)21-2)13(20)8-18-5-6-19-10-16-17-15(19)9-18/h3-4,7,10H,5-6,8-9H2,1-2H3. The Labute approximate surface area is 123 Å². The zero-order valence-electron chi connectivity index (χ0n) is 12.2. The van der Waals surface area contributed by atoms with Crippen molar-refractivity contribution in [1.82, 2.24) is 19.7 Å². The number of benzene rings is 1. The monoisotopic (exact) mass is 286 g/mol. The Bertz CT molecular complexity index is 665. The van der Waals surface area contributed by atoms with Crippen LogP contribution in [0, 0.1) is 6.92 Å². The van der Waals surface area contributed by atoms with Crippen LogP contribution < -0.4 is 4.74 Å². The molecule has 6 nitrogen and oxygen atoms in total. The highest BCUT2D eigenvalue weighted by Crippen LogP contribution is 2.21. The van der Waals surface area contributed by atoms with Crippen LogP contribution in [0.1, 0.15) is 21.7 Å². The van der Waals surface area contributed by atoms with Gasteiger partial charge in [-0.3, -0.25) is 9.69 Å². The fourth-order valence-corrected chi connectivity index (χ4v) is 2.57. The summed E-state index contributed by atoms with van der Waals surface area (Å²) in [6.45, 7) is 4.64. The number of ether oxygens (including phenoxy) is 1. The van der Waals surface area contributed by atoms with E-state index in [1.807, 2.05) is 29.7 Å². The fraction of sp³-hybridized carbons (Fsp3) is 0.400. The number of methoxy groups -OCH3 is 1. The molecule has 0 radical (unpaired) electrons. The molecule has 1 aromatic heterocycles. The van der Waals surface area contributed by atoms with Crippen molar-refractivity contribution in [3.05, 3.63) is 41.5 Å². The van der Waals surface area contributed by atoms with E-state index in [2.05, 4.69) is 15.1 Å². The molecule has 21 heavy (non-hydrogen) atoms. The summed E-state index contributed by atoms with van der Waals surface area (Å²) in [6, 6.07) is 5.66. The summed E-state index contributed by atoms with van der Waals surface area (Å²) in [6.07, 6.45) is 1.73. The average Bonchev–Trinajstić information content (AvgIpc) is 2.94. The van der Waals surface area contributed by atoms with Gasteiger partial charge in [0, 0.05) is 13.1 Å². The molecule has 1 aliphatic rings. The number of aromatic nitrogens is 3. The molecule has 0 saturated carbocycles. The van der Waals surface area contributed by atoms with Crippen molar-refractivity contribution < 1.29 is 9.53 Å². The van der Waals surface area contributed by atoms with Crippen LogP contribution in [0.4, 0.5) is 0 Å². The molecule has 2 heterocycles. The molecule has 6 heteroatoms. The number of hydrogen-bond acceptors (Lipinski definition) is 5. The highest BCUT2D eigenvalue weighted by molar-refractivity contribution is 6.00. The molecular formula is C15H18N4O2. The van der Waals surface area contributed by atoms with Crippen LogP contribution in [0.5, 0.6) is 5.75 Å². The van der Waals surface area contributed by atoms with Crippen LogP contribution >= 0.6 is 0 Å². The van der Waals surface area contributed by atoms with Gasteiger partial charge in [-0.25, -0.2) is 0 Å². The molecule has 0 N–H and O–H groups in total.